The van der Waals surface area contributed by atoms with Crippen molar-refractivity contribution in [3.8, 4) is 0 Å². The fourth-order valence-electron chi connectivity index (χ4n) is 4.99. The zero-order valence-electron chi connectivity index (χ0n) is 30.7. The van der Waals surface area contributed by atoms with E-state index in [1.807, 2.05) is 76.5 Å². The van der Waals surface area contributed by atoms with E-state index >= 15 is 0 Å². The lowest BCUT2D eigenvalue weighted by Crippen LogP contribution is -2.43. The van der Waals surface area contributed by atoms with Crippen LogP contribution in [0.25, 0.3) is 0 Å². The molecule has 3 atom stereocenters. The highest BCUT2D eigenvalue weighted by Gasteiger charge is 2.30. The van der Waals surface area contributed by atoms with Crippen molar-refractivity contribution in [3.63, 3.8) is 0 Å². The van der Waals surface area contributed by atoms with Gasteiger partial charge in [-0.05, 0) is 93.7 Å². The van der Waals surface area contributed by atoms with Crippen molar-refractivity contribution in [1.82, 2.24) is 15.0 Å². The molecule has 5 heteroatoms. The minimum absolute atomic E-state index is 0.0460. The number of pyridine rings is 1. The highest BCUT2D eigenvalue weighted by molar-refractivity contribution is 8.01. The molecule has 2 aromatic rings. The first-order chi connectivity index (χ1) is 22.8. The molecule has 1 aliphatic rings. The first-order valence-electron chi connectivity index (χ1n) is 17.6. The number of hydrogen-bond donors (Lipinski definition) is 3. The molecular weight excluding hydrogens is 593 g/mol. The summed E-state index contributed by atoms with van der Waals surface area (Å²) >= 11 is 1.64. The van der Waals surface area contributed by atoms with E-state index in [-0.39, 0.29) is 6.04 Å². The van der Waals surface area contributed by atoms with Crippen LogP contribution < -0.4 is 15.8 Å². The van der Waals surface area contributed by atoms with Gasteiger partial charge in [0.15, 0.2) is 0 Å². The van der Waals surface area contributed by atoms with E-state index in [0.717, 1.165) is 55.7 Å². The third kappa shape index (κ3) is 19.3. The van der Waals surface area contributed by atoms with Crippen LogP contribution in [0.5, 0.6) is 0 Å². The summed E-state index contributed by atoms with van der Waals surface area (Å²) < 4.78 is 3.43. The van der Waals surface area contributed by atoms with E-state index in [9.17, 15) is 0 Å². The van der Waals surface area contributed by atoms with Crippen molar-refractivity contribution >= 4 is 11.9 Å². The number of nitrogens with zero attached hydrogens (tertiary/aromatic N) is 1. The first kappa shape index (κ1) is 43.9. The summed E-state index contributed by atoms with van der Waals surface area (Å²) in [5.74, 6) is 0.374. The molecular formula is C42H66N4S. The fraction of sp³-hybridized carbons (Fsp3) is 0.452. The third-order valence-corrected chi connectivity index (χ3v) is 8.44. The van der Waals surface area contributed by atoms with Gasteiger partial charge in [0.1, 0.15) is 0 Å². The smallest absolute Gasteiger partial charge is 0.0438 e. The molecule has 0 amide bonds. The predicted octanol–water partition coefficient (Wildman–Crippen LogP) is 11.1. The van der Waals surface area contributed by atoms with Gasteiger partial charge in [-0.15, -0.1) is 0 Å². The first-order valence-corrected chi connectivity index (χ1v) is 18.4. The Hall–Kier alpha value is -3.12. The Labute approximate surface area is 294 Å². The zero-order valence-corrected chi connectivity index (χ0v) is 31.5. The highest BCUT2D eigenvalue weighted by atomic mass is 32.2. The average molecular weight is 659 g/mol. The fourth-order valence-corrected chi connectivity index (χ4v) is 5.78. The molecule has 260 valence electrons. The Balaban J connectivity index is 0.00000168. The molecule has 1 aromatic carbocycles. The molecule has 3 rings (SSSR count). The Bertz CT molecular complexity index is 1200. The molecule has 0 saturated carbocycles. The van der Waals surface area contributed by atoms with Gasteiger partial charge in [-0.25, -0.2) is 0 Å². The van der Waals surface area contributed by atoms with Crippen molar-refractivity contribution in [2.45, 2.75) is 118 Å². The Kier molecular flexibility index (Phi) is 27.1. The zero-order chi connectivity index (χ0) is 35.3. The van der Waals surface area contributed by atoms with Crippen molar-refractivity contribution < 1.29 is 0 Å². The van der Waals surface area contributed by atoms with Gasteiger partial charge in [-0.2, -0.15) is 0 Å². The van der Waals surface area contributed by atoms with Crippen LogP contribution >= 0.6 is 11.9 Å². The lowest BCUT2D eigenvalue weighted by molar-refractivity contribution is 0.398. The van der Waals surface area contributed by atoms with Crippen molar-refractivity contribution in [2.75, 3.05) is 6.54 Å². The van der Waals surface area contributed by atoms with Crippen LogP contribution in [-0.4, -0.2) is 23.6 Å². The number of aromatic nitrogens is 1. The van der Waals surface area contributed by atoms with Crippen LogP contribution in [0.15, 0.2) is 116 Å². The molecule has 1 aromatic heterocycles. The van der Waals surface area contributed by atoms with Gasteiger partial charge < -0.3 is 11.1 Å². The molecule has 0 fully saturated rings. The number of benzene rings is 1. The number of rotatable bonds is 16. The Morgan fingerprint density at radius 3 is 2.40 bits per heavy atom. The SMILES string of the molecule is C=C/C=C(\C=C/C)SNCCCCC(N)C(=C)NC1CCc2cc(C)ccc2C1Cc1cccnc1.C=C/C=C\C.CC.CCCC. The number of fused-ring (bicyclic) bond motifs is 1. The van der Waals surface area contributed by atoms with Crippen LogP contribution in [0.4, 0.5) is 0 Å². The minimum Gasteiger partial charge on any atom is -0.384 e. The number of aryl methyl sites for hydroxylation is 2. The van der Waals surface area contributed by atoms with E-state index < -0.39 is 0 Å². The maximum Gasteiger partial charge on any atom is 0.0438 e. The van der Waals surface area contributed by atoms with Gasteiger partial charge in [-0.3, -0.25) is 9.71 Å². The third-order valence-electron chi connectivity index (χ3n) is 7.58. The average Bonchev–Trinajstić information content (AvgIpc) is 3.09. The molecule has 0 spiro atoms. The molecule has 4 nitrogen and oxygen atoms in total. The minimum atomic E-state index is -0.0460. The maximum atomic E-state index is 6.56. The Morgan fingerprint density at radius 2 is 1.83 bits per heavy atom. The summed E-state index contributed by atoms with van der Waals surface area (Å²) in [7, 11) is 0. The Morgan fingerprint density at radius 1 is 1.09 bits per heavy atom. The van der Waals surface area contributed by atoms with Crippen molar-refractivity contribution in [1.29, 1.82) is 0 Å². The monoisotopic (exact) mass is 659 g/mol. The normalized spacial score (nSPS) is 16.0. The second kappa shape index (κ2) is 29.1. The molecule has 3 unspecified atom stereocenters. The standard InChI is InChI=1S/C31H42N4S.C5H8.C4H10.C2H6/c1-5-10-27(11-6-2)36-34-19-8-7-13-30(32)24(4)35-31-17-15-26-20-23(3)14-16-28(26)29(31)21-25-12-9-18-33-22-25;1-3-5-4-2;1-3-4-2;1-2/h5-6,9-12,14,16,18,20,22,29-31,34-35H,1,4,7-8,13,15,17,19,21,32H2,2-3H3;3-5H,1H2,2H3;3-4H2,1-2H3;1-2H3/b11-6-,27-10+;5-4-;;. The van der Waals surface area contributed by atoms with Crippen molar-refractivity contribution in [3.05, 3.63) is 138 Å². The number of nitrogens with two attached hydrogens (primary N) is 1. The number of nitrogens with one attached hydrogen (secondary N) is 2. The summed E-state index contributed by atoms with van der Waals surface area (Å²) in [6.07, 6.45) is 26.2. The van der Waals surface area contributed by atoms with Gasteiger partial charge in [0.2, 0.25) is 0 Å². The van der Waals surface area contributed by atoms with Gasteiger partial charge in [0.05, 0.1) is 0 Å². The van der Waals surface area contributed by atoms with E-state index in [1.54, 1.807) is 18.0 Å². The van der Waals surface area contributed by atoms with Gasteiger partial charge in [0, 0.05) is 47.5 Å². The number of hydrogen-bond acceptors (Lipinski definition) is 5. The van der Waals surface area contributed by atoms with Gasteiger partial charge >= 0.3 is 0 Å². The summed E-state index contributed by atoms with van der Waals surface area (Å²) in [6, 6.07) is 11.4. The molecule has 47 heavy (non-hydrogen) atoms. The molecule has 1 aliphatic carbocycles. The predicted molar refractivity (Wildman–Crippen MR) is 214 cm³/mol. The van der Waals surface area contributed by atoms with Crippen LogP contribution in [0.3, 0.4) is 0 Å². The van der Waals surface area contributed by atoms with Gasteiger partial charge in [-0.1, -0.05) is 133 Å². The van der Waals surface area contributed by atoms with E-state index in [4.69, 9.17) is 5.73 Å². The maximum absolute atomic E-state index is 6.56. The molecule has 0 radical (unpaired) electrons. The van der Waals surface area contributed by atoms with Crippen molar-refractivity contribution in [2.24, 2.45) is 5.73 Å². The second-order valence-electron chi connectivity index (χ2n) is 11.4. The topological polar surface area (TPSA) is 63.0 Å². The molecule has 0 bridgehead atoms. The molecule has 0 aliphatic heterocycles. The van der Waals surface area contributed by atoms with E-state index in [0.29, 0.717) is 12.0 Å². The lowest BCUT2D eigenvalue weighted by atomic mass is 9.75. The summed E-state index contributed by atoms with van der Waals surface area (Å²) in [4.78, 5) is 5.50. The summed E-state index contributed by atoms with van der Waals surface area (Å²) in [5.41, 5.74) is 13.0. The largest absolute Gasteiger partial charge is 0.384 e. The van der Waals surface area contributed by atoms with Crippen LogP contribution in [-0.2, 0) is 12.8 Å². The molecule has 0 saturated heterocycles. The summed E-state index contributed by atoms with van der Waals surface area (Å²) in [6.45, 7) is 27.0. The van der Waals surface area contributed by atoms with Crippen LogP contribution in [0.1, 0.15) is 108 Å². The second-order valence-corrected chi connectivity index (χ2v) is 12.3. The summed E-state index contributed by atoms with van der Waals surface area (Å²) in [5, 5.41) is 3.76. The van der Waals surface area contributed by atoms with Crippen LogP contribution in [0.2, 0.25) is 0 Å². The number of allylic oxidation sites excluding steroid dienone is 7. The quantitative estimate of drug-likeness (QED) is 0.0952. The number of unbranched alkanes of at least 4 members (excludes halogenated alkanes) is 2. The lowest BCUT2D eigenvalue weighted by Gasteiger charge is -2.36. The highest BCUT2D eigenvalue weighted by Crippen LogP contribution is 2.35. The molecule has 1 heterocycles. The van der Waals surface area contributed by atoms with E-state index in [1.165, 1.54) is 35.1 Å². The van der Waals surface area contributed by atoms with E-state index in [2.05, 4.69) is 85.9 Å². The molecule has 4 N–H and O–H groups in total. The van der Waals surface area contributed by atoms with Crippen LogP contribution in [0, 0.1) is 6.92 Å². The van der Waals surface area contributed by atoms with Gasteiger partial charge in [0.25, 0.3) is 0 Å².